The molecule has 0 fully saturated rings. The van der Waals surface area contributed by atoms with E-state index in [2.05, 4.69) is 4.98 Å². The molecule has 7 nitrogen and oxygen atoms in total. The Kier molecular flexibility index (Phi) is 4.71. The molecule has 0 aliphatic carbocycles. The number of nitriles is 1. The van der Waals surface area contributed by atoms with Crippen molar-refractivity contribution in [3.63, 3.8) is 0 Å². The largest absolute Gasteiger partial charge is 0.422 e. The minimum Gasteiger partial charge on any atom is -0.422 e. The van der Waals surface area contributed by atoms with Gasteiger partial charge in [-0.05, 0) is 28.7 Å². The molecule has 0 radical (unpaired) electrons. The summed E-state index contributed by atoms with van der Waals surface area (Å²) in [5.41, 5.74) is -0.221. The molecule has 10 heteroatoms. The number of ether oxygens (including phenoxy) is 1. The van der Waals surface area contributed by atoms with Gasteiger partial charge in [0.1, 0.15) is 4.88 Å². The predicted molar refractivity (Wildman–Crippen MR) is 83.1 cm³/mol. The maximum atomic E-state index is 11.1. The van der Waals surface area contributed by atoms with Crippen LogP contribution in [0.5, 0.6) is 10.9 Å². The molecule has 0 N–H and O–H groups in total. The van der Waals surface area contributed by atoms with Crippen LogP contribution in [0.3, 0.4) is 0 Å². The Morgan fingerprint density at radius 3 is 2.81 bits per heavy atom. The van der Waals surface area contributed by atoms with Crippen molar-refractivity contribution < 1.29 is 14.5 Å². The molecule has 1 aromatic heterocycles. The average molecular weight is 436 g/mol. The van der Waals surface area contributed by atoms with E-state index in [0.29, 0.717) is 9.86 Å². The summed E-state index contributed by atoms with van der Waals surface area (Å²) in [6.07, 6.45) is 0.519. The van der Waals surface area contributed by atoms with Gasteiger partial charge >= 0.3 is 5.69 Å². The fourth-order valence-corrected chi connectivity index (χ4v) is 3.02. The van der Waals surface area contributed by atoms with E-state index >= 15 is 0 Å². The Morgan fingerprint density at radius 2 is 2.29 bits per heavy atom. The summed E-state index contributed by atoms with van der Waals surface area (Å²) in [5, 5.41) is 19.9. The van der Waals surface area contributed by atoms with Crippen LogP contribution >= 0.6 is 45.5 Å². The minimum absolute atomic E-state index is 0.00724. The molecular weight excluding hydrogens is 433 g/mol. The van der Waals surface area contributed by atoms with Gasteiger partial charge in [-0.2, -0.15) is 10.2 Å². The first-order valence-electron chi connectivity index (χ1n) is 5.13. The molecule has 0 bridgehead atoms. The van der Waals surface area contributed by atoms with Gasteiger partial charge in [0.15, 0.2) is 11.4 Å². The van der Waals surface area contributed by atoms with Gasteiger partial charge in [0.2, 0.25) is 5.75 Å². The number of nitrogens with zero attached hydrogens (tertiary/aromatic N) is 3. The Labute approximate surface area is 140 Å². The van der Waals surface area contributed by atoms with Gasteiger partial charge in [-0.1, -0.05) is 22.9 Å². The standard InChI is InChI=1S/C11H3ClIN3O4S/c12-10-8(4-17)21-11(15-10)20-9-6(13)1-5(3-14)2-7(9)16(18)19/h1-2,4H. The number of nitro benzene ring substituents is 1. The van der Waals surface area contributed by atoms with E-state index in [-0.39, 0.29) is 32.2 Å². The van der Waals surface area contributed by atoms with E-state index in [1.54, 1.807) is 0 Å². The number of aldehydes is 1. The highest BCUT2D eigenvalue weighted by Crippen LogP contribution is 2.39. The predicted octanol–water partition coefficient (Wildman–Crippen LogP) is 3.79. The molecule has 0 amide bonds. The van der Waals surface area contributed by atoms with Crippen LogP contribution in [0.2, 0.25) is 5.15 Å². The number of nitro groups is 1. The van der Waals surface area contributed by atoms with Crippen LogP contribution < -0.4 is 4.74 Å². The highest BCUT2D eigenvalue weighted by atomic mass is 127. The third kappa shape index (κ3) is 3.29. The van der Waals surface area contributed by atoms with Crippen LogP contribution in [0.1, 0.15) is 15.2 Å². The molecule has 0 saturated heterocycles. The number of aromatic nitrogens is 1. The quantitative estimate of drug-likeness (QED) is 0.313. The summed E-state index contributed by atoms with van der Waals surface area (Å²) in [4.78, 5) is 25.1. The number of hydrogen-bond acceptors (Lipinski definition) is 7. The Hall–Kier alpha value is -1.77. The zero-order valence-electron chi connectivity index (χ0n) is 9.87. The van der Waals surface area contributed by atoms with Gasteiger partial charge in [0.25, 0.3) is 5.19 Å². The summed E-state index contributed by atoms with van der Waals surface area (Å²) in [6.45, 7) is 0. The summed E-state index contributed by atoms with van der Waals surface area (Å²) in [5.74, 6) is -0.0533. The Bertz CT molecular complexity index is 787. The van der Waals surface area contributed by atoms with E-state index in [1.807, 2.05) is 28.7 Å². The van der Waals surface area contributed by atoms with Gasteiger partial charge in [0.05, 0.1) is 20.1 Å². The molecule has 0 atom stereocenters. The number of rotatable bonds is 4. The molecule has 0 aliphatic rings. The third-order valence-corrected chi connectivity index (χ3v) is 4.30. The van der Waals surface area contributed by atoms with Crippen molar-refractivity contribution in [1.29, 1.82) is 5.26 Å². The lowest BCUT2D eigenvalue weighted by Gasteiger charge is -2.05. The zero-order chi connectivity index (χ0) is 15.6. The molecule has 1 heterocycles. The van der Waals surface area contributed by atoms with Crippen LogP contribution in [0.25, 0.3) is 0 Å². The minimum atomic E-state index is -0.659. The number of halogens is 2. The van der Waals surface area contributed by atoms with Crippen molar-refractivity contribution >= 4 is 57.5 Å². The molecule has 106 valence electrons. The van der Waals surface area contributed by atoms with Crippen LogP contribution in [-0.4, -0.2) is 16.2 Å². The highest BCUT2D eigenvalue weighted by molar-refractivity contribution is 14.1. The van der Waals surface area contributed by atoms with E-state index in [1.165, 1.54) is 6.07 Å². The molecule has 0 saturated carbocycles. The topological polar surface area (TPSA) is 106 Å². The van der Waals surface area contributed by atoms with E-state index in [0.717, 1.165) is 17.4 Å². The average Bonchev–Trinajstić information content (AvgIpc) is 2.80. The zero-order valence-corrected chi connectivity index (χ0v) is 13.6. The SMILES string of the molecule is N#Cc1cc(I)c(Oc2nc(Cl)c(C=O)s2)c([N+](=O)[O-])c1. The lowest BCUT2D eigenvalue weighted by atomic mass is 10.2. The lowest BCUT2D eigenvalue weighted by molar-refractivity contribution is -0.385. The molecule has 0 unspecified atom stereocenters. The van der Waals surface area contributed by atoms with Crippen molar-refractivity contribution in [2.45, 2.75) is 0 Å². The number of thiazole rings is 1. The van der Waals surface area contributed by atoms with Crippen LogP contribution in [0, 0.1) is 25.0 Å². The second kappa shape index (κ2) is 6.33. The Morgan fingerprint density at radius 1 is 1.57 bits per heavy atom. The van der Waals surface area contributed by atoms with Crippen molar-refractivity contribution in [3.8, 4) is 17.0 Å². The van der Waals surface area contributed by atoms with Gasteiger partial charge in [-0.25, -0.2) is 0 Å². The monoisotopic (exact) mass is 435 g/mol. The summed E-state index contributed by atoms with van der Waals surface area (Å²) in [7, 11) is 0. The highest BCUT2D eigenvalue weighted by Gasteiger charge is 2.23. The van der Waals surface area contributed by atoms with Crippen molar-refractivity contribution in [2.24, 2.45) is 0 Å². The Balaban J connectivity index is 2.50. The molecule has 0 spiro atoms. The van der Waals surface area contributed by atoms with E-state index < -0.39 is 4.92 Å². The molecule has 2 aromatic rings. The summed E-state index contributed by atoms with van der Waals surface area (Å²) >= 11 is 8.39. The molecule has 21 heavy (non-hydrogen) atoms. The van der Waals surface area contributed by atoms with Gasteiger partial charge in [0, 0.05) is 6.07 Å². The van der Waals surface area contributed by atoms with Crippen LogP contribution in [0.15, 0.2) is 12.1 Å². The molecular formula is C11H3ClIN3O4S. The number of carbonyl (C=O) groups is 1. The van der Waals surface area contributed by atoms with Gasteiger partial charge in [-0.3, -0.25) is 14.9 Å². The maximum absolute atomic E-state index is 11.1. The second-order valence-electron chi connectivity index (χ2n) is 3.53. The first kappa shape index (κ1) is 15.6. The molecule has 1 aromatic carbocycles. The lowest BCUT2D eigenvalue weighted by Crippen LogP contribution is -1.97. The van der Waals surface area contributed by atoms with E-state index in [9.17, 15) is 14.9 Å². The first-order chi connectivity index (χ1) is 9.96. The third-order valence-electron chi connectivity index (χ3n) is 2.24. The van der Waals surface area contributed by atoms with Crippen molar-refractivity contribution in [2.75, 3.05) is 0 Å². The number of carbonyl (C=O) groups excluding carboxylic acids is 1. The summed E-state index contributed by atoms with van der Waals surface area (Å²) in [6, 6.07) is 4.38. The number of benzene rings is 1. The molecule has 0 aliphatic heterocycles. The molecule has 2 rings (SSSR count). The second-order valence-corrected chi connectivity index (χ2v) is 6.04. The van der Waals surface area contributed by atoms with E-state index in [4.69, 9.17) is 21.6 Å². The van der Waals surface area contributed by atoms with Crippen molar-refractivity contribution in [3.05, 3.63) is 41.4 Å². The van der Waals surface area contributed by atoms with Crippen LogP contribution in [0.4, 0.5) is 5.69 Å². The smallest absolute Gasteiger partial charge is 0.314 e. The van der Waals surface area contributed by atoms with Crippen LogP contribution in [-0.2, 0) is 0 Å². The summed E-state index contributed by atoms with van der Waals surface area (Å²) < 4.78 is 5.74. The van der Waals surface area contributed by atoms with Gasteiger partial charge < -0.3 is 4.74 Å². The van der Waals surface area contributed by atoms with Gasteiger partial charge in [-0.15, -0.1) is 0 Å². The fraction of sp³-hybridized carbons (Fsp3) is 0. The van der Waals surface area contributed by atoms with Crippen molar-refractivity contribution in [1.82, 2.24) is 4.98 Å². The maximum Gasteiger partial charge on any atom is 0.314 e. The normalized spacial score (nSPS) is 9.95. The number of hydrogen-bond donors (Lipinski definition) is 0. The first-order valence-corrected chi connectivity index (χ1v) is 7.41. The fourth-order valence-electron chi connectivity index (χ4n) is 1.38.